The van der Waals surface area contributed by atoms with Crippen molar-refractivity contribution in [2.45, 2.75) is 12.2 Å². The van der Waals surface area contributed by atoms with Gasteiger partial charge in [-0.05, 0) is 11.6 Å². The number of carboxylic acid groups (broad SMARTS) is 1. The van der Waals surface area contributed by atoms with Crippen LogP contribution in [0.2, 0.25) is 0 Å². The zero-order valence-corrected chi connectivity index (χ0v) is 8.28. The Kier molecular flexibility index (Phi) is 3.71. The summed E-state index contributed by atoms with van der Waals surface area (Å²) >= 11 is 0. The Hall–Kier alpha value is -2.06. The van der Waals surface area contributed by atoms with Crippen LogP contribution in [-0.4, -0.2) is 32.3 Å². The molecule has 0 aliphatic rings. The predicted octanol–water partition coefficient (Wildman–Crippen LogP) is 0.213. The van der Waals surface area contributed by atoms with Crippen molar-refractivity contribution in [2.24, 2.45) is 0 Å². The normalized spacial score (nSPS) is 14.1. The molecule has 92 valence electrons. The zero-order chi connectivity index (χ0) is 13.2. The van der Waals surface area contributed by atoms with Crippen molar-refractivity contribution in [1.29, 1.82) is 0 Å². The number of hydrogen-bond acceptors (Lipinski definition) is 5. The van der Waals surface area contributed by atoms with Crippen molar-refractivity contribution >= 4 is 11.7 Å². The highest BCUT2D eigenvalue weighted by atomic mass is 19.1. The fraction of sp³-hybridized carbons (Fsp3) is 0.222. The van der Waals surface area contributed by atoms with Crippen molar-refractivity contribution in [3.8, 4) is 0 Å². The monoisotopic (exact) mass is 245 g/mol. The average molecular weight is 245 g/mol. The second-order valence-corrected chi connectivity index (χ2v) is 3.23. The van der Waals surface area contributed by atoms with Crippen LogP contribution in [0.1, 0.15) is 11.7 Å². The second-order valence-electron chi connectivity index (χ2n) is 3.23. The molecule has 2 unspecified atom stereocenters. The SMILES string of the molecule is O=C(O)C(O)C(O)c1cc(F)cc([N+](=O)[O-])c1. The van der Waals surface area contributed by atoms with Crippen LogP contribution in [0, 0.1) is 15.9 Å². The Morgan fingerprint density at radius 1 is 1.35 bits per heavy atom. The third-order valence-corrected chi connectivity index (χ3v) is 2.01. The molecule has 0 radical (unpaired) electrons. The molecule has 0 aromatic heterocycles. The van der Waals surface area contributed by atoms with Crippen LogP contribution in [0.5, 0.6) is 0 Å². The van der Waals surface area contributed by atoms with E-state index in [-0.39, 0.29) is 5.56 Å². The molecule has 0 fully saturated rings. The first-order chi connectivity index (χ1) is 7.82. The molecule has 0 bridgehead atoms. The van der Waals surface area contributed by atoms with E-state index in [1.165, 1.54) is 0 Å². The molecule has 7 nitrogen and oxygen atoms in total. The third kappa shape index (κ3) is 2.95. The smallest absolute Gasteiger partial charge is 0.335 e. The fourth-order valence-corrected chi connectivity index (χ4v) is 1.19. The molecule has 0 aliphatic carbocycles. The van der Waals surface area contributed by atoms with Gasteiger partial charge in [0.25, 0.3) is 5.69 Å². The third-order valence-electron chi connectivity index (χ3n) is 2.01. The number of benzene rings is 1. The number of non-ortho nitro benzene ring substituents is 1. The van der Waals surface area contributed by atoms with Gasteiger partial charge in [-0.1, -0.05) is 0 Å². The summed E-state index contributed by atoms with van der Waals surface area (Å²) in [5.74, 6) is -2.73. The van der Waals surface area contributed by atoms with Gasteiger partial charge in [0, 0.05) is 6.07 Å². The first kappa shape index (κ1) is 13.0. The maximum atomic E-state index is 13.0. The summed E-state index contributed by atoms with van der Waals surface area (Å²) < 4.78 is 13.0. The maximum Gasteiger partial charge on any atom is 0.335 e. The Morgan fingerprint density at radius 2 is 1.94 bits per heavy atom. The number of carbonyl (C=O) groups is 1. The molecule has 17 heavy (non-hydrogen) atoms. The quantitative estimate of drug-likeness (QED) is 0.515. The van der Waals surface area contributed by atoms with Gasteiger partial charge in [-0.25, -0.2) is 9.18 Å². The number of nitro groups is 1. The molecule has 0 saturated carbocycles. The molecule has 1 rings (SSSR count). The summed E-state index contributed by atoms with van der Waals surface area (Å²) in [5, 5.41) is 37.2. The largest absolute Gasteiger partial charge is 0.479 e. The molecule has 1 aromatic carbocycles. The minimum absolute atomic E-state index is 0.383. The zero-order valence-electron chi connectivity index (χ0n) is 8.28. The molecular formula is C9H8FNO6. The van der Waals surface area contributed by atoms with Crippen molar-refractivity contribution in [1.82, 2.24) is 0 Å². The topological polar surface area (TPSA) is 121 Å². The van der Waals surface area contributed by atoms with Gasteiger partial charge in [0.05, 0.1) is 11.0 Å². The average Bonchev–Trinajstić information content (AvgIpc) is 2.25. The van der Waals surface area contributed by atoms with Gasteiger partial charge in [-0.3, -0.25) is 10.1 Å². The Morgan fingerprint density at radius 3 is 2.41 bits per heavy atom. The number of rotatable bonds is 4. The van der Waals surface area contributed by atoms with Crippen LogP contribution in [-0.2, 0) is 4.79 Å². The van der Waals surface area contributed by atoms with Crippen molar-refractivity contribution in [2.75, 3.05) is 0 Å². The highest BCUT2D eigenvalue weighted by molar-refractivity contribution is 5.73. The van der Waals surface area contributed by atoms with Crippen molar-refractivity contribution in [3.05, 3.63) is 39.7 Å². The number of carboxylic acids is 1. The highest BCUT2D eigenvalue weighted by Gasteiger charge is 2.27. The van der Waals surface area contributed by atoms with E-state index in [0.717, 1.165) is 6.07 Å². The first-order valence-electron chi connectivity index (χ1n) is 4.36. The van der Waals surface area contributed by atoms with E-state index in [9.17, 15) is 24.4 Å². The molecule has 2 atom stereocenters. The number of halogens is 1. The number of aliphatic hydroxyl groups is 2. The summed E-state index contributed by atoms with van der Waals surface area (Å²) in [6.07, 6.45) is -4.13. The fourth-order valence-electron chi connectivity index (χ4n) is 1.19. The highest BCUT2D eigenvalue weighted by Crippen LogP contribution is 2.23. The van der Waals surface area contributed by atoms with Crippen molar-refractivity contribution < 1.29 is 29.4 Å². The minimum atomic E-state index is -2.18. The lowest BCUT2D eigenvalue weighted by atomic mass is 10.0. The van der Waals surface area contributed by atoms with Gasteiger partial charge in [-0.2, -0.15) is 0 Å². The second kappa shape index (κ2) is 4.85. The molecule has 1 aromatic rings. The van der Waals surface area contributed by atoms with Crippen LogP contribution >= 0.6 is 0 Å². The lowest BCUT2D eigenvalue weighted by Gasteiger charge is -2.14. The number of nitro benzene ring substituents is 1. The van der Waals surface area contributed by atoms with E-state index >= 15 is 0 Å². The number of hydrogen-bond donors (Lipinski definition) is 3. The summed E-state index contributed by atoms with van der Waals surface area (Å²) in [6.45, 7) is 0. The molecule has 3 N–H and O–H groups in total. The Labute approximate surface area is 93.9 Å². The van der Waals surface area contributed by atoms with Crippen LogP contribution in [0.4, 0.5) is 10.1 Å². The van der Waals surface area contributed by atoms with E-state index < -0.39 is 34.6 Å². The number of nitrogens with zero attached hydrogens (tertiary/aromatic N) is 1. The van der Waals surface area contributed by atoms with Crippen LogP contribution in [0.25, 0.3) is 0 Å². The Bertz CT molecular complexity index is 463. The molecule has 0 spiro atoms. The molecule has 0 aliphatic heterocycles. The molecule has 0 saturated heterocycles. The predicted molar refractivity (Wildman–Crippen MR) is 51.7 cm³/mol. The van der Waals surface area contributed by atoms with Gasteiger partial charge in [0.1, 0.15) is 11.9 Å². The van der Waals surface area contributed by atoms with Gasteiger partial charge in [0.2, 0.25) is 0 Å². The first-order valence-corrected chi connectivity index (χ1v) is 4.36. The van der Waals surface area contributed by atoms with E-state index in [2.05, 4.69) is 0 Å². The van der Waals surface area contributed by atoms with E-state index in [4.69, 9.17) is 10.2 Å². The molecule has 0 amide bonds. The minimum Gasteiger partial charge on any atom is -0.479 e. The van der Waals surface area contributed by atoms with Crippen molar-refractivity contribution in [3.63, 3.8) is 0 Å². The van der Waals surface area contributed by atoms with Crippen LogP contribution in [0.3, 0.4) is 0 Å². The van der Waals surface area contributed by atoms with E-state index in [1.54, 1.807) is 0 Å². The summed E-state index contributed by atoms with van der Waals surface area (Å²) in [6, 6.07) is 2.12. The lowest BCUT2D eigenvalue weighted by Crippen LogP contribution is -2.27. The number of aliphatic hydroxyl groups excluding tert-OH is 2. The van der Waals surface area contributed by atoms with Gasteiger partial charge < -0.3 is 15.3 Å². The van der Waals surface area contributed by atoms with Gasteiger partial charge in [-0.15, -0.1) is 0 Å². The lowest BCUT2D eigenvalue weighted by molar-refractivity contribution is -0.385. The standard InChI is InChI=1S/C9H8FNO6/c10-5-1-4(2-6(3-5)11(16)17)7(12)8(13)9(14)15/h1-3,7-8,12-13H,(H,14,15). The van der Waals surface area contributed by atoms with Gasteiger partial charge in [0.15, 0.2) is 6.10 Å². The van der Waals surface area contributed by atoms with Gasteiger partial charge >= 0.3 is 5.97 Å². The van der Waals surface area contributed by atoms with Crippen LogP contribution in [0.15, 0.2) is 18.2 Å². The van der Waals surface area contributed by atoms with E-state index in [1.807, 2.05) is 0 Å². The number of aliphatic carboxylic acids is 1. The Balaban J connectivity index is 3.13. The van der Waals surface area contributed by atoms with E-state index in [0.29, 0.717) is 12.1 Å². The maximum absolute atomic E-state index is 13.0. The summed E-state index contributed by atoms with van der Waals surface area (Å²) in [4.78, 5) is 19.9. The molecule has 0 heterocycles. The molecule has 8 heteroatoms. The molecular weight excluding hydrogens is 237 g/mol. The summed E-state index contributed by atoms with van der Waals surface area (Å²) in [5.41, 5.74) is -1.02. The summed E-state index contributed by atoms with van der Waals surface area (Å²) in [7, 11) is 0. The van der Waals surface area contributed by atoms with Crippen LogP contribution < -0.4 is 0 Å².